The van der Waals surface area contributed by atoms with Gasteiger partial charge in [0.25, 0.3) is 0 Å². The topological polar surface area (TPSA) is 55.5 Å². The Balaban J connectivity index is 3.08. The van der Waals surface area contributed by atoms with Crippen LogP contribution in [0.15, 0.2) is 18.2 Å². The van der Waals surface area contributed by atoms with Gasteiger partial charge in [0.05, 0.1) is 6.54 Å². The van der Waals surface area contributed by atoms with Crippen molar-refractivity contribution in [2.75, 3.05) is 6.54 Å². The maximum Gasteiger partial charge on any atom is 0.199 e. The van der Waals surface area contributed by atoms with Gasteiger partial charge in [-0.1, -0.05) is 37.3 Å². The lowest BCUT2D eigenvalue weighted by Gasteiger charge is -2.38. The van der Waals surface area contributed by atoms with Crippen LogP contribution in [0.25, 0.3) is 0 Å². The molecule has 3 nitrogen and oxygen atoms in total. The highest BCUT2D eigenvalue weighted by atomic mass is 35.5. The summed E-state index contributed by atoms with van der Waals surface area (Å²) in [5.41, 5.74) is 5.20. The molecule has 1 aromatic carbocycles. The molecule has 1 rings (SSSR count). The van der Waals surface area contributed by atoms with E-state index in [0.29, 0.717) is 10.8 Å². The molecule has 1 atom stereocenters. The molecule has 0 spiro atoms. The molecule has 0 fully saturated rings. The van der Waals surface area contributed by atoms with E-state index in [0.717, 1.165) is 5.56 Å². The standard InChI is InChI=1S/C12H20ClNO2Si/c1-9-10(13)6-5-7-11(9)16-12(15,8-14)17(2,3)4/h5-7,15H,8,14H2,1-4H3/t12-/m1/s1. The quantitative estimate of drug-likeness (QED) is 0.655. The van der Waals surface area contributed by atoms with Crippen LogP contribution in [0.3, 0.4) is 0 Å². The Bertz CT molecular complexity index is 406. The first-order chi connectivity index (χ1) is 7.71. The van der Waals surface area contributed by atoms with Crippen LogP contribution >= 0.6 is 11.6 Å². The van der Waals surface area contributed by atoms with Gasteiger partial charge in [-0.2, -0.15) is 0 Å². The lowest BCUT2D eigenvalue weighted by Crippen LogP contribution is -2.61. The number of halogens is 1. The summed E-state index contributed by atoms with van der Waals surface area (Å²) < 4.78 is 5.74. The zero-order valence-electron chi connectivity index (χ0n) is 10.7. The third-order valence-electron chi connectivity index (χ3n) is 2.95. The number of aliphatic hydroxyl groups is 1. The van der Waals surface area contributed by atoms with Gasteiger partial charge in [0, 0.05) is 10.6 Å². The SMILES string of the molecule is Cc1c(Cl)cccc1O[C@](O)(CN)[Si](C)(C)C. The van der Waals surface area contributed by atoms with Crippen molar-refractivity contribution < 1.29 is 9.84 Å². The van der Waals surface area contributed by atoms with E-state index in [-0.39, 0.29) is 6.54 Å². The van der Waals surface area contributed by atoms with Gasteiger partial charge in [-0.25, -0.2) is 0 Å². The van der Waals surface area contributed by atoms with E-state index in [2.05, 4.69) is 0 Å². The predicted octanol–water partition coefficient (Wildman–Crippen LogP) is 2.55. The molecule has 0 bridgehead atoms. The maximum absolute atomic E-state index is 10.5. The van der Waals surface area contributed by atoms with Crippen molar-refractivity contribution in [1.82, 2.24) is 0 Å². The van der Waals surface area contributed by atoms with Gasteiger partial charge in [-0.3, -0.25) is 0 Å². The van der Waals surface area contributed by atoms with E-state index < -0.39 is 13.5 Å². The summed E-state index contributed by atoms with van der Waals surface area (Å²) in [6, 6.07) is 5.38. The number of benzene rings is 1. The highest BCUT2D eigenvalue weighted by Gasteiger charge is 2.43. The van der Waals surface area contributed by atoms with Crippen LogP contribution in [-0.4, -0.2) is 25.1 Å². The molecule has 0 amide bonds. The van der Waals surface area contributed by atoms with Crippen LogP contribution in [0.1, 0.15) is 5.56 Å². The Labute approximate surface area is 109 Å². The van der Waals surface area contributed by atoms with Gasteiger partial charge in [-0.05, 0) is 19.1 Å². The molecule has 0 aromatic heterocycles. The Morgan fingerprint density at radius 1 is 1.41 bits per heavy atom. The molecule has 17 heavy (non-hydrogen) atoms. The van der Waals surface area contributed by atoms with E-state index in [1.54, 1.807) is 18.2 Å². The normalized spacial score (nSPS) is 15.5. The van der Waals surface area contributed by atoms with E-state index in [1.165, 1.54) is 0 Å². The fourth-order valence-electron chi connectivity index (χ4n) is 1.38. The summed E-state index contributed by atoms with van der Waals surface area (Å²) in [6.07, 6.45) is 0. The second kappa shape index (κ2) is 4.98. The zero-order chi connectivity index (χ0) is 13.3. The predicted molar refractivity (Wildman–Crippen MR) is 74.2 cm³/mol. The maximum atomic E-state index is 10.5. The number of nitrogens with two attached hydrogens (primary N) is 1. The monoisotopic (exact) mass is 273 g/mol. The molecule has 0 aliphatic rings. The van der Waals surface area contributed by atoms with Gasteiger partial charge >= 0.3 is 0 Å². The third-order valence-corrected chi connectivity index (χ3v) is 6.00. The molecule has 0 unspecified atom stereocenters. The van der Waals surface area contributed by atoms with Crippen molar-refractivity contribution in [2.45, 2.75) is 32.0 Å². The summed E-state index contributed by atoms with van der Waals surface area (Å²) in [5, 5.41) is 11.1. The van der Waals surface area contributed by atoms with E-state index in [9.17, 15) is 5.11 Å². The molecular weight excluding hydrogens is 254 g/mol. The second-order valence-electron chi connectivity index (χ2n) is 5.20. The average molecular weight is 274 g/mol. The molecule has 1 aromatic rings. The summed E-state index contributed by atoms with van der Waals surface area (Å²) in [6.45, 7) is 7.98. The smallest absolute Gasteiger partial charge is 0.199 e. The summed E-state index contributed by atoms with van der Waals surface area (Å²) in [4.78, 5) is 0. The number of rotatable bonds is 4. The fraction of sp³-hybridized carbons (Fsp3) is 0.500. The van der Waals surface area contributed by atoms with Crippen LogP contribution in [0, 0.1) is 6.92 Å². The number of ether oxygens (including phenoxy) is 1. The Kier molecular flexibility index (Phi) is 4.25. The van der Waals surface area contributed by atoms with Crippen molar-refractivity contribution >= 4 is 19.7 Å². The molecule has 5 heteroatoms. The summed E-state index contributed by atoms with van der Waals surface area (Å²) in [7, 11) is -1.97. The molecule has 96 valence electrons. The second-order valence-corrected chi connectivity index (χ2v) is 10.9. The van der Waals surface area contributed by atoms with Gasteiger partial charge in [0.2, 0.25) is 0 Å². The molecule has 0 saturated heterocycles. The van der Waals surface area contributed by atoms with Crippen LogP contribution in [-0.2, 0) is 0 Å². The van der Waals surface area contributed by atoms with Gasteiger partial charge in [-0.15, -0.1) is 0 Å². The van der Waals surface area contributed by atoms with Gasteiger partial charge in [0.1, 0.15) is 13.8 Å². The van der Waals surface area contributed by atoms with Crippen molar-refractivity contribution in [3.05, 3.63) is 28.8 Å². The van der Waals surface area contributed by atoms with Crippen molar-refractivity contribution in [2.24, 2.45) is 5.73 Å². The lowest BCUT2D eigenvalue weighted by atomic mass is 10.2. The highest BCUT2D eigenvalue weighted by molar-refractivity contribution is 6.78. The fourth-order valence-corrected chi connectivity index (χ4v) is 2.58. The van der Waals surface area contributed by atoms with Crippen LogP contribution in [0.5, 0.6) is 5.75 Å². The number of hydrogen-bond acceptors (Lipinski definition) is 3. The minimum atomic E-state index is -1.97. The van der Waals surface area contributed by atoms with E-state index >= 15 is 0 Å². The van der Waals surface area contributed by atoms with Gasteiger partial charge < -0.3 is 15.6 Å². The molecular formula is C12H20ClNO2Si. The molecule has 0 aliphatic heterocycles. The molecule has 3 N–H and O–H groups in total. The zero-order valence-corrected chi connectivity index (χ0v) is 12.5. The number of hydrogen-bond donors (Lipinski definition) is 2. The Morgan fingerprint density at radius 3 is 2.47 bits per heavy atom. The van der Waals surface area contributed by atoms with Crippen molar-refractivity contribution in [1.29, 1.82) is 0 Å². The Hall–Kier alpha value is -0.553. The highest BCUT2D eigenvalue weighted by Crippen LogP contribution is 2.30. The summed E-state index contributed by atoms with van der Waals surface area (Å²) >= 11 is 6.02. The van der Waals surface area contributed by atoms with Gasteiger partial charge in [0.15, 0.2) is 5.41 Å². The molecule has 0 heterocycles. The van der Waals surface area contributed by atoms with E-state index in [1.807, 2.05) is 26.6 Å². The Morgan fingerprint density at radius 2 is 2.00 bits per heavy atom. The third kappa shape index (κ3) is 3.01. The first-order valence-electron chi connectivity index (χ1n) is 5.58. The lowest BCUT2D eigenvalue weighted by molar-refractivity contribution is -0.0641. The van der Waals surface area contributed by atoms with Crippen molar-refractivity contribution in [3.8, 4) is 5.75 Å². The van der Waals surface area contributed by atoms with E-state index in [4.69, 9.17) is 22.1 Å². The first-order valence-corrected chi connectivity index (χ1v) is 9.45. The van der Waals surface area contributed by atoms with Crippen LogP contribution in [0.2, 0.25) is 24.7 Å². The van der Waals surface area contributed by atoms with Crippen LogP contribution in [0.4, 0.5) is 0 Å². The molecule has 0 saturated carbocycles. The summed E-state index contributed by atoms with van der Waals surface area (Å²) in [5.74, 6) is 0.591. The minimum absolute atomic E-state index is 0.0781. The average Bonchev–Trinajstić information content (AvgIpc) is 2.23. The minimum Gasteiger partial charge on any atom is -0.465 e. The largest absolute Gasteiger partial charge is 0.465 e. The van der Waals surface area contributed by atoms with Crippen LogP contribution < -0.4 is 10.5 Å². The molecule has 0 radical (unpaired) electrons. The molecule has 0 aliphatic carbocycles. The first kappa shape index (κ1) is 14.5. The van der Waals surface area contributed by atoms with Crippen molar-refractivity contribution in [3.63, 3.8) is 0 Å².